The van der Waals surface area contributed by atoms with Gasteiger partial charge in [-0.2, -0.15) is 0 Å². The van der Waals surface area contributed by atoms with Crippen molar-refractivity contribution in [2.45, 2.75) is 45.7 Å². The monoisotopic (exact) mass is 256 g/mol. The van der Waals surface area contributed by atoms with Gasteiger partial charge in [-0.15, -0.1) is 11.3 Å². The summed E-state index contributed by atoms with van der Waals surface area (Å²) in [5, 5.41) is 12.2. The lowest BCUT2D eigenvalue weighted by atomic mass is 10.0. The smallest absolute Gasteiger partial charge is 0.323 e. The minimum absolute atomic E-state index is 0.423. The molecule has 1 aromatic rings. The van der Waals surface area contributed by atoms with E-state index in [1.54, 1.807) is 30.1 Å². The van der Waals surface area contributed by atoms with Gasteiger partial charge in [0.25, 0.3) is 0 Å². The van der Waals surface area contributed by atoms with E-state index in [0.29, 0.717) is 12.5 Å². The first kappa shape index (κ1) is 14.1. The van der Waals surface area contributed by atoms with E-state index in [1.807, 2.05) is 12.4 Å². The first-order valence-electron chi connectivity index (χ1n) is 5.64. The molecule has 0 atom stereocenters. The molecule has 0 aliphatic rings. The molecule has 0 saturated carbocycles. The number of nitrogens with zero attached hydrogens (tertiary/aromatic N) is 2. The maximum atomic E-state index is 11.1. The molecule has 0 aliphatic heterocycles. The van der Waals surface area contributed by atoms with Crippen LogP contribution in [0.15, 0.2) is 5.38 Å². The summed E-state index contributed by atoms with van der Waals surface area (Å²) in [4.78, 5) is 17.4. The highest BCUT2D eigenvalue weighted by Crippen LogP contribution is 2.22. The van der Waals surface area contributed by atoms with Crippen LogP contribution in [0.25, 0.3) is 0 Å². The lowest BCUT2D eigenvalue weighted by molar-refractivity contribution is -0.148. The number of rotatable bonds is 5. The number of hydrogen-bond donors (Lipinski definition) is 1. The van der Waals surface area contributed by atoms with E-state index in [0.717, 1.165) is 10.7 Å². The van der Waals surface area contributed by atoms with Crippen LogP contribution in [0.1, 0.15) is 44.3 Å². The quantitative estimate of drug-likeness (QED) is 0.879. The van der Waals surface area contributed by atoms with E-state index in [1.165, 1.54) is 0 Å². The van der Waals surface area contributed by atoms with Gasteiger partial charge in [0.2, 0.25) is 0 Å². The molecule has 0 spiro atoms. The lowest BCUT2D eigenvalue weighted by Crippen LogP contribution is -2.47. The van der Waals surface area contributed by atoms with Gasteiger partial charge in [-0.3, -0.25) is 9.69 Å². The molecular formula is C12H20N2O2S. The first-order valence-corrected chi connectivity index (χ1v) is 6.52. The van der Waals surface area contributed by atoms with Crippen LogP contribution >= 0.6 is 11.3 Å². The number of carbonyl (C=O) groups is 1. The molecule has 96 valence electrons. The highest BCUT2D eigenvalue weighted by atomic mass is 32.1. The van der Waals surface area contributed by atoms with Crippen LogP contribution < -0.4 is 0 Å². The third-order valence-electron chi connectivity index (χ3n) is 2.94. The van der Waals surface area contributed by atoms with Crippen molar-refractivity contribution < 1.29 is 9.90 Å². The van der Waals surface area contributed by atoms with Gasteiger partial charge in [0.05, 0.1) is 10.7 Å². The molecule has 1 heterocycles. The van der Waals surface area contributed by atoms with Crippen molar-refractivity contribution >= 4 is 17.3 Å². The van der Waals surface area contributed by atoms with Gasteiger partial charge in [-0.1, -0.05) is 13.8 Å². The summed E-state index contributed by atoms with van der Waals surface area (Å²) in [6, 6.07) is 0. The maximum Gasteiger partial charge on any atom is 0.323 e. The van der Waals surface area contributed by atoms with Crippen LogP contribution in [0.3, 0.4) is 0 Å². The Kier molecular flexibility index (Phi) is 4.27. The van der Waals surface area contributed by atoms with Crippen LogP contribution in [-0.4, -0.2) is 33.5 Å². The van der Waals surface area contributed by atoms with Crippen molar-refractivity contribution in [3.8, 4) is 0 Å². The summed E-state index contributed by atoms with van der Waals surface area (Å²) in [5.74, 6) is -0.397. The molecule has 0 bridgehead atoms. The zero-order valence-corrected chi connectivity index (χ0v) is 11.8. The fourth-order valence-corrected chi connectivity index (χ4v) is 2.09. The Bertz CT molecular complexity index is 399. The largest absolute Gasteiger partial charge is 0.480 e. The molecule has 17 heavy (non-hydrogen) atoms. The van der Waals surface area contributed by atoms with E-state index < -0.39 is 11.5 Å². The van der Waals surface area contributed by atoms with Crippen LogP contribution in [-0.2, 0) is 11.3 Å². The highest BCUT2D eigenvalue weighted by molar-refractivity contribution is 7.09. The Labute approximate surface area is 106 Å². The lowest BCUT2D eigenvalue weighted by Gasteiger charge is -2.30. The summed E-state index contributed by atoms with van der Waals surface area (Å²) >= 11 is 1.63. The molecule has 1 aromatic heterocycles. The molecular weight excluding hydrogens is 236 g/mol. The molecule has 1 N–H and O–H groups in total. The third kappa shape index (κ3) is 3.26. The van der Waals surface area contributed by atoms with Crippen LogP contribution in [0.5, 0.6) is 0 Å². The van der Waals surface area contributed by atoms with E-state index in [-0.39, 0.29) is 0 Å². The number of carboxylic acid groups (broad SMARTS) is 1. The van der Waals surface area contributed by atoms with Crippen molar-refractivity contribution in [1.82, 2.24) is 9.88 Å². The standard InChI is InChI=1S/C12H20N2O2S/c1-8(2)10-13-9(7-17-10)6-14(5)12(3,4)11(15)16/h7-8H,6H2,1-5H3,(H,15,16). The molecule has 0 radical (unpaired) electrons. The summed E-state index contributed by atoms with van der Waals surface area (Å²) in [5.41, 5.74) is 0.0669. The van der Waals surface area contributed by atoms with Gasteiger partial charge in [0.1, 0.15) is 5.54 Å². The minimum Gasteiger partial charge on any atom is -0.480 e. The Morgan fingerprint density at radius 1 is 1.59 bits per heavy atom. The van der Waals surface area contributed by atoms with Crippen LogP contribution in [0, 0.1) is 0 Å². The second-order valence-corrected chi connectivity index (χ2v) is 5.94. The van der Waals surface area contributed by atoms with E-state index >= 15 is 0 Å². The Morgan fingerprint density at radius 2 is 2.18 bits per heavy atom. The molecule has 1 rings (SSSR count). The predicted octanol–water partition coefficient (Wildman–Crippen LogP) is 2.56. The number of thiazole rings is 1. The van der Waals surface area contributed by atoms with Crippen molar-refractivity contribution in [1.29, 1.82) is 0 Å². The zero-order chi connectivity index (χ0) is 13.2. The molecule has 0 saturated heterocycles. The van der Waals surface area contributed by atoms with Gasteiger partial charge in [-0.25, -0.2) is 4.98 Å². The number of likely N-dealkylation sites (N-methyl/N-ethyl adjacent to an activating group) is 1. The van der Waals surface area contributed by atoms with Gasteiger partial charge < -0.3 is 5.11 Å². The average Bonchev–Trinajstić information content (AvgIpc) is 2.65. The van der Waals surface area contributed by atoms with Gasteiger partial charge >= 0.3 is 5.97 Å². The normalized spacial score (nSPS) is 12.4. The van der Waals surface area contributed by atoms with Crippen molar-refractivity contribution in [3.05, 3.63) is 16.1 Å². The zero-order valence-electron chi connectivity index (χ0n) is 11.0. The van der Waals surface area contributed by atoms with Crippen molar-refractivity contribution in [2.75, 3.05) is 7.05 Å². The number of aliphatic carboxylic acids is 1. The molecule has 0 aliphatic carbocycles. The van der Waals surface area contributed by atoms with Crippen molar-refractivity contribution in [2.24, 2.45) is 0 Å². The van der Waals surface area contributed by atoms with Gasteiger partial charge in [-0.05, 0) is 20.9 Å². The van der Waals surface area contributed by atoms with E-state index in [2.05, 4.69) is 18.8 Å². The fraction of sp³-hybridized carbons (Fsp3) is 0.667. The first-order chi connectivity index (χ1) is 7.75. The van der Waals surface area contributed by atoms with Crippen molar-refractivity contribution in [3.63, 3.8) is 0 Å². The fourth-order valence-electron chi connectivity index (χ4n) is 1.26. The minimum atomic E-state index is -0.873. The third-order valence-corrected chi connectivity index (χ3v) is 4.13. The SMILES string of the molecule is CC(C)c1nc(CN(C)C(C)(C)C(=O)O)cs1. The number of aromatic nitrogens is 1. The van der Waals surface area contributed by atoms with Gasteiger partial charge in [0.15, 0.2) is 0 Å². The van der Waals surface area contributed by atoms with Gasteiger partial charge in [0, 0.05) is 17.8 Å². The second kappa shape index (κ2) is 5.14. The average molecular weight is 256 g/mol. The molecule has 0 aromatic carbocycles. The highest BCUT2D eigenvalue weighted by Gasteiger charge is 2.32. The summed E-state index contributed by atoms with van der Waals surface area (Å²) in [6.07, 6.45) is 0. The summed E-state index contributed by atoms with van der Waals surface area (Å²) in [6.45, 7) is 8.17. The molecule has 0 unspecified atom stereocenters. The Morgan fingerprint density at radius 3 is 2.59 bits per heavy atom. The van der Waals surface area contributed by atoms with Crippen LogP contribution in [0.4, 0.5) is 0 Å². The second-order valence-electron chi connectivity index (χ2n) is 5.05. The number of carboxylic acids is 1. The molecule has 4 nitrogen and oxygen atoms in total. The van der Waals surface area contributed by atoms with E-state index in [4.69, 9.17) is 5.11 Å². The number of hydrogen-bond acceptors (Lipinski definition) is 4. The van der Waals surface area contributed by atoms with Crippen LogP contribution in [0.2, 0.25) is 0 Å². The molecule has 5 heteroatoms. The molecule has 0 amide bonds. The maximum absolute atomic E-state index is 11.1. The Balaban J connectivity index is 2.74. The summed E-state index contributed by atoms with van der Waals surface area (Å²) < 4.78 is 0. The molecule has 0 fully saturated rings. The van der Waals surface area contributed by atoms with E-state index in [9.17, 15) is 4.79 Å². The predicted molar refractivity (Wildman–Crippen MR) is 69.4 cm³/mol. The summed E-state index contributed by atoms with van der Waals surface area (Å²) in [7, 11) is 1.81. The topological polar surface area (TPSA) is 53.4 Å². The Hall–Kier alpha value is -0.940.